The van der Waals surface area contributed by atoms with Crippen molar-refractivity contribution in [2.75, 3.05) is 6.61 Å². The molecule has 0 spiro atoms. The highest BCUT2D eigenvalue weighted by atomic mass is 16.5. The van der Waals surface area contributed by atoms with E-state index in [9.17, 15) is 0 Å². The molecular weight excluding hydrogens is 190 g/mol. The fourth-order valence-electron chi connectivity index (χ4n) is 1.93. The molecule has 1 N–H and O–H groups in total. The summed E-state index contributed by atoms with van der Waals surface area (Å²) < 4.78 is 5.79. The highest BCUT2D eigenvalue weighted by molar-refractivity contribution is 5.84. The van der Waals surface area contributed by atoms with Gasteiger partial charge in [-0.1, -0.05) is 19.0 Å². The summed E-state index contributed by atoms with van der Waals surface area (Å²) in [5.74, 6) is 0.771. The molecule has 1 fully saturated rings. The van der Waals surface area contributed by atoms with E-state index in [4.69, 9.17) is 9.94 Å². The van der Waals surface area contributed by atoms with Crippen LogP contribution in [0.25, 0.3) is 0 Å². The molecule has 1 saturated carbocycles. The Bertz CT molecular complexity index is 192. The number of hydrogen-bond donors (Lipinski definition) is 1. The van der Waals surface area contributed by atoms with Gasteiger partial charge in [-0.3, -0.25) is 0 Å². The second-order valence-electron chi connectivity index (χ2n) is 4.77. The van der Waals surface area contributed by atoms with Crippen LogP contribution in [0.15, 0.2) is 5.16 Å². The van der Waals surface area contributed by atoms with E-state index in [0.29, 0.717) is 6.10 Å². The van der Waals surface area contributed by atoms with E-state index in [1.807, 2.05) is 0 Å². The van der Waals surface area contributed by atoms with Crippen molar-refractivity contribution in [2.45, 2.75) is 58.5 Å². The van der Waals surface area contributed by atoms with Crippen molar-refractivity contribution < 1.29 is 9.94 Å². The van der Waals surface area contributed by atoms with Gasteiger partial charge in [0, 0.05) is 6.61 Å². The molecular formula is C12H23NO2. The second-order valence-corrected chi connectivity index (χ2v) is 4.77. The fourth-order valence-corrected chi connectivity index (χ4v) is 1.93. The Morgan fingerprint density at radius 2 is 2.07 bits per heavy atom. The van der Waals surface area contributed by atoms with Gasteiger partial charge in [0.1, 0.15) is 0 Å². The summed E-state index contributed by atoms with van der Waals surface area (Å²) in [5.41, 5.74) is 0.928. The molecule has 0 radical (unpaired) electrons. The summed E-state index contributed by atoms with van der Waals surface area (Å²) in [6.07, 6.45) is 6.62. The lowest BCUT2D eigenvalue weighted by Crippen LogP contribution is -2.22. The minimum Gasteiger partial charge on any atom is -0.411 e. The third-order valence-corrected chi connectivity index (χ3v) is 2.93. The van der Waals surface area contributed by atoms with Crippen molar-refractivity contribution in [3.8, 4) is 0 Å². The molecule has 1 aliphatic carbocycles. The molecule has 0 aromatic carbocycles. The van der Waals surface area contributed by atoms with Crippen LogP contribution < -0.4 is 0 Å². The lowest BCUT2D eigenvalue weighted by molar-refractivity contribution is 0.0364. The lowest BCUT2D eigenvalue weighted by atomic mass is 9.96. The first-order chi connectivity index (χ1) is 7.22. The van der Waals surface area contributed by atoms with Gasteiger partial charge in [0.05, 0.1) is 11.8 Å². The largest absolute Gasteiger partial charge is 0.411 e. The first-order valence-electron chi connectivity index (χ1n) is 6.03. The molecule has 1 aliphatic rings. The third kappa shape index (κ3) is 5.17. The van der Waals surface area contributed by atoms with E-state index >= 15 is 0 Å². The van der Waals surface area contributed by atoms with E-state index in [1.54, 1.807) is 0 Å². The summed E-state index contributed by atoms with van der Waals surface area (Å²) in [7, 11) is 0. The maximum Gasteiger partial charge on any atom is 0.0582 e. The topological polar surface area (TPSA) is 41.8 Å². The molecule has 1 rings (SSSR count). The van der Waals surface area contributed by atoms with Crippen molar-refractivity contribution in [2.24, 2.45) is 11.1 Å². The number of hydrogen-bond acceptors (Lipinski definition) is 3. The van der Waals surface area contributed by atoms with Gasteiger partial charge in [0.2, 0.25) is 0 Å². The van der Waals surface area contributed by atoms with E-state index in [0.717, 1.165) is 50.3 Å². The molecule has 0 aliphatic heterocycles. The average molecular weight is 213 g/mol. The van der Waals surface area contributed by atoms with Crippen LogP contribution in [0, 0.1) is 5.92 Å². The predicted octanol–water partition coefficient (Wildman–Crippen LogP) is 3.21. The number of oxime groups is 1. The van der Waals surface area contributed by atoms with Crippen LogP contribution in [0.3, 0.4) is 0 Å². The van der Waals surface area contributed by atoms with Crippen LogP contribution in [0.4, 0.5) is 0 Å². The second kappa shape index (κ2) is 6.83. The zero-order valence-corrected chi connectivity index (χ0v) is 9.91. The van der Waals surface area contributed by atoms with E-state index in [-0.39, 0.29) is 0 Å². The Hall–Kier alpha value is -0.570. The molecule has 0 amide bonds. The van der Waals surface area contributed by atoms with E-state index < -0.39 is 0 Å². The maximum absolute atomic E-state index is 8.60. The zero-order valence-electron chi connectivity index (χ0n) is 9.91. The van der Waals surface area contributed by atoms with Crippen molar-refractivity contribution >= 4 is 5.71 Å². The minimum atomic E-state index is 0.391. The molecule has 15 heavy (non-hydrogen) atoms. The molecule has 0 heterocycles. The van der Waals surface area contributed by atoms with Gasteiger partial charge in [-0.05, 0) is 44.4 Å². The normalized spacial score (nSPS) is 22.1. The Morgan fingerprint density at radius 3 is 2.60 bits per heavy atom. The van der Waals surface area contributed by atoms with Gasteiger partial charge in [-0.25, -0.2) is 0 Å². The first kappa shape index (κ1) is 12.5. The highest BCUT2D eigenvalue weighted by Crippen LogP contribution is 2.19. The summed E-state index contributed by atoms with van der Waals surface area (Å²) in [5, 5.41) is 11.9. The third-order valence-electron chi connectivity index (χ3n) is 2.93. The first-order valence-corrected chi connectivity index (χ1v) is 6.03. The van der Waals surface area contributed by atoms with Gasteiger partial charge < -0.3 is 9.94 Å². The fraction of sp³-hybridized carbons (Fsp3) is 0.917. The van der Waals surface area contributed by atoms with Gasteiger partial charge in [0.25, 0.3) is 0 Å². The van der Waals surface area contributed by atoms with Gasteiger partial charge in [-0.2, -0.15) is 0 Å². The van der Waals surface area contributed by atoms with E-state index in [1.165, 1.54) is 6.42 Å². The average Bonchev–Trinajstić information content (AvgIpc) is 2.25. The van der Waals surface area contributed by atoms with Gasteiger partial charge in [0.15, 0.2) is 0 Å². The maximum atomic E-state index is 8.60. The van der Waals surface area contributed by atoms with Crippen molar-refractivity contribution in [3.05, 3.63) is 0 Å². The summed E-state index contributed by atoms with van der Waals surface area (Å²) in [4.78, 5) is 0. The number of ether oxygens (including phenoxy) is 1. The standard InChI is InChI=1S/C12H23NO2/c1-10(2)4-3-9-15-12-7-5-11(13-14)6-8-12/h10,12,14H,3-9H2,1-2H3. The van der Waals surface area contributed by atoms with Gasteiger partial charge >= 0.3 is 0 Å². The van der Waals surface area contributed by atoms with Crippen molar-refractivity contribution in [1.82, 2.24) is 0 Å². The molecule has 0 saturated heterocycles. The molecule has 0 aromatic rings. The molecule has 3 heteroatoms. The molecule has 0 bridgehead atoms. The lowest BCUT2D eigenvalue weighted by Gasteiger charge is -2.22. The molecule has 3 nitrogen and oxygen atoms in total. The molecule has 0 aromatic heterocycles. The number of nitrogens with zero attached hydrogens (tertiary/aromatic N) is 1. The van der Waals surface area contributed by atoms with Crippen LogP contribution in [0.1, 0.15) is 52.4 Å². The van der Waals surface area contributed by atoms with Crippen LogP contribution in [0.5, 0.6) is 0 Å². The number of rotatable bonds is 5. The Morgan fingerprint density at radius 1 is 1.40 bits per heavy atom. The summed E-state index contributed by atoms with van der Waals surface area (Å²) in [6.45, 7) is 5.36. The predicted molar refractivity (Wildman–Crippen MR) is 61.5 cm³/mol. The minimum absolute atomic E-state index is 0.391. The smallest absolute Gasteiger partial charge is 0.0582 e. The van der Waals surface area contributed by atoms with Gasteiger partial charge in [-0.15, -0.1) is 0 Å². The zero-order chi connectivity index (χ0) is 11.1. The van der Waals surface area contributed by atoms with Crippen LogP contribution in [-0.4, -0.2) is 23.6 Å². The summed E-state index contributed by atoms with van der Waals surface area (Å²) in [6, 6.07) is 0. The summed E-state index contributed by atoms with van der Waals surface area (Å²) >= 11 is 0. The van der Waals surface area contributed by atoms with Crippen molar-refractivity contribution in [1.29, 1.82) is 0 Å². The Balaban J connectivity index is 2.04. The van der Waals surface area contributed by atoms with Crippen molar-refractivity contribution in [3.63, 3.8) is 0 Å². The van der Waals surface area contributed by atoms with Crippen LogP contribution >= 0.6 is 0 Å². The molecule has 88 valence electrons. The quantitative estimate of drug-likeness (QED) is 0.433. The molecule has 0 atom stereocenters. The van der Waals surface area contributed by atoms with Crippen LogP contribution in [-0.2, 0) is 4.74 Å². The van der Waals surface area contributed by atoms with E-state index in [2.05, 4.69) is 19.0 Å². The SMILES string of the molecule is CC(C)CCCOC1CCC(=NO)CC1. The Kier molecular flexibility index (Phi) is 5.69. The van der Waals surface area contributed by atoms with Crippen LogP contribution in [0.2, 0.25) is 0 Å². The monoisotopic (exact) mass is 213 g/mol. The Labute approximate surface area is 92.5 Å². The highest BCUT2D eigenvalue weighted by Gasteiger charge is 2.17. The molecule has 0 unspecified atom stereocenters.